The lowest BCUT2D eigenvalue weighted by Gasteiger charge is -2.04. The third-order valence-corrected chi connectivity index (χ3v) is 2.93. The van der Waals surface area contributed by atoms with E-state index >= 15 is 0 Å². The van der Waals surface area contributed by atoms with Crippen molar-refractivity contribution in [3.8, 4) is 0 Å². The normalized spacial score (nSPS) is 10.8. The van der Waals surface area contributed by atoms with Gasteiger partial charge in [0.1, 0.15) is 0 Å². The van der Waals surface area contributed by atoms with Crippen molar-refractivity contribution >= 4 is 29.2 Å². The number of amides is 1. The van der Waals surface area contributed by atoms with E-state index in [9.17, 15) is 4.79 Å². The maximum Gasteiger partial charge on any atom is 0.266 e. The second-order valence-corrected chi connectivity index (χ2v) is 4.55. The van der Waals surface area contributed by atoms with Crippen LogP contribution < -0.4 is 5.32 Å². The molecule has 102 valence electrons. The van der Waals surface area contributed by atoms with Crippen LogP contribution >= 0.6 is 12.2 Å². The molecule has 0 bridgehead atoms. The lowest BCUT2D eigenvalue weighted by Crippen LogP contribution is -2.24. The first-order chi connectivity index (χ1) is 9.20. The minimum Gasteiger partial charge on any atom is -0.429 e. The van der Waals surface area contributed by atoms with Gasteiger partial charge in [0.05, 0.1) is 5.52 Å². The Morgan fingerprint density at radius 2 is 2.32 bits per heavy atom. The molecule has 1 amide bonds. The van der Waals surface area contributed by atoms with E-state index in [0.717, 1.165) is 18.4 Å². The monoisotopic (exact) mass is 280 g/mol. The molecule has 1 heterocycles. The topological polar surface area (TPSA) is 67.3 Å². The highest BCUT2D eigenvalue weighted by Gasteiger charge is 2.07. The van der Waals surface area contributed by atoms with Gasteiger partial charge in [0.15, 0.2) is 5.58 Å². The summed E-state index contributed by atoms with van der Waals surface area (Å²) in [5, 5.41) is 2.86. The van der Waals surface area contributed by atoms with Crippen molar-refractivity contribution in [2.45, 2.75) is 12.8 Å². The molecule has 0 atom stereocenters. The maximum atomic E-state index is 11.9. The van der Waals surface area contributed by atoms with Crippen LogP contribution in [0.25, 0.3) is 11.1 Å². The van der Waals surface area contributed by atoms with Crippen LogP contribution in [-0.4, -0.2) is 31.2 Å². The molecule has 1 aromatic carbocycles. The lowest BCUT2D eigenvalue weighted by molar-refractivity contribution is 0.0951. The SMILES string of the molecule is COCCCCNC(=O)c1ccc2[nH]c(=S)oc2c1. The van der Waals surface area contributed by atoms with Gasteiger partial charge >= 0.3 is 0 Å². The minimum absolute atomic E-state index is 0.110. The Kier molecular flexibility index (Phi) is 4.70. The molecule has 0 spiro atoms. The Balaban J connectivity index is 1.95. The number of carbonyl (C=O) groups excluding carboxylic acids is 1. The van der Waals surface area contributed by atoms with Crippen molar-refractivity contribution in [1.29, 1.82) is 0 Å². The zero-order valence-corrected chi connectivity index (χ0v) is 11.5. The van der Waals surface area contributed by atoms with E-state index in [2.05, 4.69) is 10.3 Å². The van der Waals surface area contributed by atoms with Gasteiger partial charge in [-0.2, -0.15) is 0 Å². The number of aromatic nitrogens is 1. The molecule has 0 saturated carbocycles. The molecule has 0 radical (unpaired) electrons. The summed E-state index contributed by atoms with van der Waals surface area (Å²) < 4.78 is 10.2. The van der Waals surface area contributed by atoms with Crippen LogP contribution in [0.4, 0.5) is 0 Å². The van der Waals surface area contributed by atoms with Gasteiger partial charge in [-0.3, -0.25) is 4.79 Å². The van der Waals surface area contributed by atoms with Crippen molar-refractivity contribution in [3.05, 3.63) is 28.6 Å². The van der Waals surface area contributed by atoms with Crippen molar-refractivity contribution in [3.63, 3.8) is 0 Å². The predicted octanol–water partition coefficient (Wildman–Crippen LogP) is 2.65. The first kappa shape index (κ1) is 13.8. The largest absolute Gasteiger partial charge is 0.429 e. The first-order valence-electron chi connectivity index (χ1n) is 6.11. The summed E-state index contributed by atoms with van der Waals surface area (Å²) in [6.07, 6.45) is 1.83. The van der Waals surface area contributed by atoms with Gasteiger partial charge in [-0.05, 0) is 43.3 Å². The predicted molar refractivity (Wildman–Crippen MR) is 74.8 cm³/mol. The Morgan fingerprint density at radius 3 is 3.11 bits per heavy atom. The van der Waals surface area contributed by atoms with E-state index < -0.39 is 0 Å². The molecule has 0 aliphatic rings. The van der Waals surface area contributed by atoms with Crippen molar-refractivity contribution < 1.29 is 13.9 Å². The van der Waals surface area contributed by atoms with Gasteiger partial charge in [0.25, 0.3) is 10.7 Å². The van der Waals surface area contributed by atoms with Gasteiger partial charge in [-0.25, -0.2) is 0 Å². The number of nitrogens with one attached hydrogen (secondary N) is 2. The van der Waals surface area contributed by atoms with Crippen LogP contribution in [-0.2, 0) is 4.74 Å². The quantitative estimate of drug-likeness (QED) is 0.630. The molecule has 0 unspecified atom stereocenters. The molecule has 2 N–H and O–H groups in total. The molecular formula is C13H16N2O3S. The number of ether oxygens (including phenoxy) is 1. The molecular weight excluding hydrogens is 264 g/mol. The first-order valence-corrected chi connectivity index (χ1v) is 6.51. The third kappa shape index (κ3) is 3.65. The van der Waals surface area contributed by atoms with Crippen LogP contribution in [0, 0.1) is 4.84 Å². The van der Waals surface area contributed by atoms with Crippen molar-refractivity contribution in [1.82, 2.24) is 10.3 Å². The number of carbonyl (C=O) groups is 1. The van der Waals surface area contributed by atoms with Crippen LogP contribution in [0.1, 0.15) is 23.2 Å². The summed E-state index contributed by atoms with van der Waals surface area (Å²) in [4.78, 5) is 15.1. The van der Waals surface area contributed by atoms with Gasteiger partial charge in [-0.15, -0.1) is 0 Å². The standard InChI is InChI=1S/C13H16N2O3S/c1-17-7-3-2-6-14-12(16)9-4-5-10-11(8-9)18-13(19)15-10/h4-5,8H,2-3,6-7H2,1H3,(H,14,16)(H,15,19). The minimum atomic E-state index is -0.110. The van der Waals surface area contributed by atoms with Crippen molar-refractivity contribution in [2.24, 2.45) is 0 Å². The molecule has 1 aromatic heterocycles. The molecule has 0 saturated heterocycles. The van der Waals surface area contributed by atoms with Crippen molar-refractivity contribution in [2.75, 3.05) is 20.3 Å². The fourth-order valence-electron chi connectivity index (χ4n) is 1.76. The molecule has 0 fully saturated rings. The Labute approximate surface area is 116 Å². The average Bonchev–Trinajstić information content (AvgIpc) is 2.77. The zero-order valence-electron chi connectivity index (χ0n) is 10.7. The number of unbranched alkanes of at least 4 members (excludes halogenated alkanes) is 1. The number of hydrogen-bond donors (Lipinski definition) is 2. The van der Waals surface area contributed by atoms with E-state index in [1.54, 1.807) is 25.3 Å². The number of aromatic amines is 1. The highest BCUT2D eigenvalue weighted by Crippen LogP contribution is 2.15. The van der Waals surface area contributed by atoms with Gasteiger partial charge in [0.2, 0.25) is 0 Å². The maximum absolute atomic E-state index is 11.9. The molecule has 2 aromatic rings. The molecule has 6 heteroatoms. The van der Waals surface area contributed by atoms with Gasteiger partial charge in [0, 0.05) is 25.8 Å². The highest BCUT2D eigenvalue weighted by atomic mass is 32.1. The fraction of sp³-hybridized carbons (Fsp3) is 0.385. The summed E-state index contributed by atoms with van der Waals surface area (Å²) in [6.45, 7) is 1.35. The summed E-state index contributed by atoms with van der Waals surface area (Å²) in [7, 11) is 1.67. The zero-order chi connectivity index (χ0) is 13.7. The number of methoxy groups -OCH3 is 1. The number of rotatable bonds is 6. The summed E-state index contributed by atoms with van der Waals surface area (Å²) in [5.41, 5.74) is 1.95. The summed E-state index contributed by atoms with van der Waals surface area (Å²) in [5.74, 6) is -0.110. The molecule has 0 aliphatic heterocycles. The van der Waals surface area contributed by atoms with Gasteiger partial charge in [-0.1, -0.05) is 0 Å². The van der Waals surface area contributed by atoms with Crippen LogP contribution in [0.15, 0.2) is 22.6 Å². The molecule has 5 nitrogen and oxygen atoms in total. The number of oxazole rings is 1. The molecule has 0 aliphatic carbocycles. The smallest absolute Gasteiger partial charge is 0.266 e. The Hall–Kier alpha value is -1.66. The number of fused-ring (bicyclic) bond motifs is 1. The summed E-state index contributed by atoms with van der Waals surface area (Å²) in [6, 6.07) is 5.22. The third-order valence-electron chi connectivity index (χ3n) is 2.74. The fourth-order valence-corrected chi connectivity index (χ4v) is 1.96. The van der Waals surface area contributed by atoms with E-state index in [1.807, 2.05) is 0 Å². The second-order valence-electron chi connectivity index (χ2n) is 4.18. The molecule has 2 rings (SSSR count). The number of hydrogen-bond acceptors (Lipinski definition) is 4. The Morgan fingerprint density at radius 1 is 1.47 bits per heavy atom. The second kappa shape index (κ2) is 6.49. The van der Waals surface area contributed by atoms with E-state index in [1.165, 1.54) is 0 Å². The van der Waals surface area contributed by atoms with E-state index in [4.69, 9.17) is 21.4 Å². The van der Waals surface area contributed by atoms with E-state index in [-0.39, 0.29) is 5.91 Å². The summed E-state index contributed by atoms with van der Waals surface area (Å²) >= 11 is 4.90. The van der Waals surface area contributed by atoms with Crippen LogP contribution in [0.5, 0.6) is 0 Å². The lowest BCUT2D eigenvalue weighted by atomic mass is 10.2. The van der Waals surface area contributed by atoms with Crippen LogP contribution in [0.3, 0.4) is 0 Å². The van der Waals surface area contributed by atoms with Crippen LogP contribution in [0.2, 0.25) is 0 Å². The number of benzene rings is 1. The Bertz CT molecular complexity index is 618. The molecule has 19 heavy (non-hydrogen) atoms. The highest BCUT2D eigenvalue weighted by molar-refractivity contribution is 7.71. The average molecular weight is 280 g/mol. The van der Waals surface area contributed by atoms with E-state index in [0.29, 0.717) is 29.1 Å². The number of H-pyrrole nitrogens is 1. The van der Waals surface area contributed by atoms with Gasteiger partial charge < -0.3 is 19.5 Å².